The lowest BCUT2D eigenvalue weighted by Gasteiger charge is -2.13. The van der Waals surface area contributed by atoms with Gasteiger partial charge in [0.1, 0.15) is 0 Å². The average Bonchev–Trinajstić information content (AvgIpc) is 2.35. The van der Waals surface area contributed by atoms with Gasteiger partial charge < -0.3 is 11.1 Å². The second-order valence-corrected chi connectivity index (χ2v) is 5.13. The van der Waals surface area contributed by atoms with E-state index in [1.807, 2.05) is 24.3 Å². The molecule has 0 spiro atoms. The Hall–Kier alpha value is -1.48. The number of halogens is 1. The minimum Gasteiger partial charge on any atom is -0.399 e. The van der Waals surface area contributed by atoms with Crippen LogP contribution in [-0.2, 0) is 6.42 Å². The summed E-state index contributed by atoms with van der Waals surface area (Å²) in [7, 11) is 0. The molecule has 0 unspecified atom stereocenters. The van der Waals surface area contributed by atoms with Gasteiger partial charge in [0, 0.05) is 15.8 Å². The van der Waals surface area contributed by atoms with Crippen LogP contribution in [0.3, 0.4) is 0 Å². The third-order valence-corrected chi connectivity index (χ3v) is 3.46. The van der Waals surface area contributed by atoms with Gasteiger partial charge in [-0.1, -0.05) is 31.5 Å². The lowest BCUT2D eigenvalue weighted by atomic mass is 10.1. The van der Waals surface area contributed by atoms with Crippen LogP contribution in [0, 0.1) is 0 Å². The van der Waals surface area contributed by atoms with E-state index in [1.54, 1.807) is 0 Å². The molecule has 0 aliphatic carbocycles. The van der Waals surface area contributed by atoms with E-state index in [4.69, 9.17) is 5.73 Å². The van der Waals surface area contributed by atoms with E-state index in [0.717, 1.165) is 34.4 Å². The molecule has 0 aliphatic rings. The van der Waals surface area contributed by atoms with Gasteiger partial charge in [-0.15, -0.1) is 0 Å². The molecule has 2 rings (SSSR count). The van der Waals surface area contributed by atoms with Gasteiger partial charge in [-0.3, -0.25) is 0 Å². The van der Waals surface area contributed by atoms with Crippen molar-refractivity contribution in [1.82, 2.24) is 0 Å². The summed E-state index contributed by atoms with van der Waals surface area (Å²) in [4.78, 5) is 0. The van der Waals surface area contributed by atoms with Gasteiger partial charge >= 0.3 is 0 Å². The van der Waals surface area contributed by atoms with Gasteiger partial charge in [-0.25, -0.2) is 0 Å². The summed E-state index contributed by atoms with van der Waals surface area (Å²) in [6, 6.07) is 14.2. The molecule has 0 heterocycles. The van der Waals surface area contributed by atoms with Crippen molar-refractivity contribution in [2.24, 2.45) is 0 Å². The predicted molar refractivity (Wildman–Crippen MR) is 82.3 cm³/mol. The molecule has 0 saturated heterocycles. The van der Waals surface area contributed by atoms with Crippen LogP contribution in [0.5, 0.6) is 0 Å². The second kappa shape index (κ2) is 5.91. The zero-order valence-electron chi connectivity index (χ0n) is 10.4. The molecule has 0 aliphatic heterocycles. The Kier molecular flexibility index (Phi) is 4.26. The number of aryl methyl sites for hydroxylation is 1. The SMILES string of the molecule is CCCc1ccccc1Nc1ccc(N)cc1Br. The summed E-state index contributed by atoms with van der Waals surface area (Å²) >= 11 is 3.53. The highest BCUT2D eigenvalue weighted by atomic mass is 79.9. The third kappa shape index (κ3) is 3.05. The lowest BCUT2D eigenvalue weighted by Crippen LogP contribution is -1.97. The number of nitrogens with one attached hydrogen (secondary N) is 1. The van der Waals surface area contributed by atoms with Gasteiger partial charge in [-0.05, 0) is 52.2 Å². The van der Waals surface area contributed by atoms with Crippen molar-refractivity contribution in [3.63, 3.8) is 0 Å². The normalized spacial score (nSPS) is 10.3. The largest absolute Gasteiger partial charge is 0.399 e. The van der Waals surface area contributed by atoms with Crippen LogP contribution >= 0.6 is 15.9 Å². The van der Waals surface area contributed by atoms with E-state index in [9.17, 15) is 0 Å². The number of hydrogen-bond acceptors (Lipinski definition) is 2. The topological polar surface area (TPSA) is 38.0 Å². The second-order valence-electron chi connectivity index (χ2n) is 4.27. The number of hydrogen-bond donors (Lipinski definition) is 2. The molecular weight excluding hydrogens is 288 g/mol. The van der Waals surface area contributed by atoms with E-state index in [2.05, 4.69) is 46.4 Å². The van der Waals surface area contributed by atoms with Gasteiger partial charge in [0.2, 0.25) is 0 Å². The first-order valence-corrected chi connectivity index (χ1v) is 6.90. The minimum atomic E-state index is 0.759. The van der Waals surface area contributed by atoms with Crippen molar-refractivity contribution in [1.29, 1.82) is 0 Å². The summed E-state index contributed by atoms with van der Waals surface area (Å²) in [5.74, 6) is 0. The predicted octanol–water partition coefficient (Wildman–Crippen LogP) is 4.73. The van der Waals surface area contributed by atoms with Crippen LogP contribution in [0.1, 0.15) is 18.9 Å². The number of nitrogen functional groups attached to an aromatic ring is 1. The highest BCUT2D eigenvalue weighted by Crippen LogP contribution is 2.29. The molecule has 0 aromatic heterocycles. The van der Waals surface area contributed by atoms with E-state index < -0.39 is 0 Å². The minimum absolute atomic E-state index is 0.759. The monoisotopic (exact) mass is 304 g/mol. The molecule has 2 aromatic carbocycles. The van der Waals surface area contributed by atoms with Crippen LogP contribution in [0.15, 0.2) is 46.9 Å². The molecule has 2 nitrogen and oxygen atoms in total. The lowest BCUT2D eigenvalue weighted by molar-refractivity contribution is 0.923. The Labute approximate surface area is 116 Å². The Morgan fingerprint density at radius 2 is 1.89 bits per heavy atom. The van der Waals surface area contributed by atoms with E-state index in [0.29, 0.717) is 0 Å². The molecule has 0 amide bonds. The van der Waals surface area contributed by atoms with Crippen molar-refractivity contribution in [2.75, 3.05) is 11.1 Å². The average molecular weight is 305 g/mol. The molecule has 0 fully saturated rings. The fraction of sp³-hybridized carbons (Fsp3) is 0.200. The summed E-state index contributed by atoms with van der Waals surface area (Å²) in [5.41, 5.74) is 10.0. The molecule has 0 saturated carbocycles. The highest BCUT2D eigenvalue weighted by molar-refractivity contribution is 9.10. The Bertz CT molecular complexity index is 538. The third-order valence-electron chi connectivity index (χ3n) is 2.80. The zero-order valence-corrected chi connectivity index (χ0v) is 12.0. The molecule has 0 radical (unpaired) electrons. The smallest absolute Gasteiger partial charge is 0.0530 e. The fourth-order valence-electron chi connectivity index (χ4n) is 1.91. The molecule has 3 heteroatoms. The van der Waals surface area contributed by atoms with E-state index >= 15 is 0 Å². The van der Waals surface area contributed by atoms with Crippen LogP contribution in [0.25, 0.3) is 0 Å². The molecule has 2 aromatic rings. The maximum atomic E-state index is 5.74. The highest BCUT2D eigenvalue weighted by Gasteiger charge is 2.04. The van der Waals surface area contributed by atoms with Crippen LogP contribution < -0.4 is 11.1 Å². The van der Waals surface area contributed by atoms with Gasteiger partial charge in [-0.2, -0.15) is 0 Å². The summed E-state index contributed by atoms with van der Waals surface area (Å²) < 4.78 is 0.980. The van der Waals surface area contributed by atoms with Crippen LogP contribution in [0.2, 0.25) is 0 Å². The number of anilines is 3. The maximum Gasteiger partial charge on any atom is 0.0530 e. The van der Waals surface area contributed by atoms with Crippen molar-refractivity contribution >= 4 is 33.0 Å². The Morgan fingerprint density at radius 1 is 1.11 bits per heavy atom. The van der Waals surface area contributed by atoms with Crippen LogP contribution in [-0.4, -0.2) is 0 Å². The fourth-order valence-corrected chi connectivity index (χ4v) is 2.40. The molecule has 18 heavy (non-hydrogen) atoms. The molecule has 0 atom stereocenters. The first kappa shape index (κ1) is 13.0. The summed E-state index contributed by atoms with van der Waals surface area (Å²) in [5, 5.41) is 3.45. The summed E-state index contributed by atoms with van der Waals surface area (Å²) in [6.07, 6.45) is 2.22. The zero-order chi connectivity index (χ0) is 13.0. The molecule has 0 bridgehead atoms. The maximum absolute atomic E-state index is 5.74. The number of nitrogens with two attached hydrogens (primary N) is 1. The van der Waals surface area contributed by atoms with Gasteiger partial charge in [0.25, 0.3) is 0 Å². The van der Waals surface area contributed by atoms with Crippen molar-refractivity contribution in [2.45, 2.75) is 19.8 Å². The standard InChI is InChI=1S/C15H17BrN2/c1-2-5-11-6-3-4-7-14(11)18-15-9-8-12(17)10-13(15)16/h3-4,6-10,18H,2,5,17H2,1H3. The Morgan fingerprint density at radius 3 is 2.61 bits per heavy atom. The van der Waals surface area contributed by atoms with E-state index in [1.165, 1.54) is 5.56 Å². The quantitative estimate of drug-likeness (QED) is 0.802. The van der Waals surface area contributed by atoms with E-state index in [-0.39, 0.29) is 0 Å². The molecule has 94 valence electrons. The molecule has 3 N–H and O–H groups in total. The molecular formula is C15H17BrN2. The Balaban J connectivity index is 2.28. The van der Waals surface area contributed by atoms with Crippen molar-refractivity contribution < 1.29 is 0 Å². The van der Waals surface area contributed by atoms with Gasteiger partial charge in [0.15, 0.2) is 0 Å². The summed E-state index contributed by atoms with van der Waals surface area (Å²) in [6.45, 7) is 2.19. The first-order valence-electron chi connectivity index (χ1n) is 6.10. The first-order chi connectivity index (χ1) is 8.70. The number of para-hydroxylation sites is 1. The van der Waals surface area contributed by atoms with Gasteiger partial charge in [0.05, 0.1) is 5.69 Å². The number of rotatable bonds is 4. The van der Waals surface area contributed by atoms with Crippen molar-refractivity contribution in [3.05, 3.63) is 52.5 Å². The van der Waals surface area contributed by atoms with Crippen LogP contribution in [0.4, 0.5) is 17.1 Å². The number of benzene rings is 2. The van der Waals surface area contributed by atoms with Crippen molar-refractivity contribution in [3.8, 4) is 0 Å².